The Morgan fingerprint density at radius 1 is 0.920 bits per heavy atom. The maximum absolute atomic E-state index is 4.53. The third-order valence-corrected chi connectivity index (χ3v) is 4.21. The van der Waals surface area contributed by atoms with E-state index in [4.69, 9.17) is 0 Å². The molecule has 0 radical (unpaired) electrons. The van der Waals surface area contributed by atoms with Crippen molar-refractivity contribution in [2.24, 2.45) is 0 Å². The number of aromatic nitrogens is 2. The van der Waals surface area contributed by atoms with Crippen molar-refractivity contribution in [1.29, 1.82) is 0 Å². The van der Waals surface area contributed by atoms with Crippen LogP contribution in [0.15, 0.2) is 60.8 Å². The Balaban J connectivity index is 1.53. The van der Waals surface area contributed by atoms with Crippen LogP contribution in [0.1, 0.15) is 23.1 Å². The van der Waals surface area contributed by atoms with Crippen LogP contribution in [0.25, 0.3) is 0 Å². The van der Waals surface area contributed by atoms with Crippen molar-refractivity contribution in [2.45, 2.75) is 26.7 Å². The summed E-state index contributed by atoms with van der Waals surface area (Å²) in [6.07, 6.45) is 3.90. The van der Waals surface area contributed by atoms with Gasteiger partial charge >= 0.3 is 0 Å². The number of nitrogens with zero attached hydrogens (tertiary/aromatic N) is 2. The molecule has 0 unspecified atom stereocenters. The van der Waals surface area contributed by atoms with Crippen LogP contribution in [0, 0.1) is 13.8 Å². The predicted octanol–water partition coefficient (Wildman–Crippen LogP) is 4.88. The summed E-state index contributed by atoms with van der Waals surface area (Å²) >= 11 is 0. The second-order valence-corrected chi connectivity index (χ2v) is 6.21. The lowest BCUT2D eigenvalue weighted by molar-refractivity contribution is 0.858. The summed E-state index contributed by atoms with van der Waals surface area (Å²) in [5, 5.41) is 6.64. The first-order chi connectivity index (χ1) is 12.2. The van der Waals surface area contributed by atoms with Crippen molar-refractivity contribution in [2.75, 3.05) is 17.2 Å². The molecule has 1 heterocycles. The Bertz CT molecular complexity index is 815. The van der Waals surface area contributed by atoms with Crippen LogP contribution in [-0.2, 0) is 6.42 Å². The van der Waals surface area contributed by atoms with Crippen LogP contribution in [0.2, 0.25) is 0 Å². The van der Waals surface area contributed by atoms with Crippen LogP contribution < -0.4 is 10.6 Å². The third kappa shape index (κ3) is 5.05. The van der Waals surface area contributed by atoms with Gasteiger partial charge in [0.05, 0.1) is 0 Å². The lowest BCUT2D eigenvalue weighted by Gasteiger charge is -2.09. The summed E-state index contributed by atoms with van der Waals surface area (Å²) < 4.78 is 0. The second kappa shape index (κ2) is 8.29. The number of benzene rings is 2. The first kappa shape index (κ1) is 17.0. The number of anilines is 3. The molecule has 4 heteroatoms. The quantitative estimate of drug-likeness (QED) is 0.605. The molecular formula is C21H24N4. The highest BCUT2D eigenvalue weighted by Crippen LogP contribution is 2.18. The Kier molecular flexibility index (Phi) is 5.62. The van der Waals surface area contributed by atoms with E-state index in [9.17, 15) is 0 Å². The summed E-state index contributed by atoms with van der Waals surface area (Å²) in [7, 11) is 0. The molecule has 128 valence electrons. The van der Waals surface area contributed by atoms with E-state index in [1.807, 2.05) is 18.2 Å². The molecule has 4 nitrogen and oxygen atoms in total. The minimum absolute atomic E-state index is 0.608. The standard InChI is InChI=1S/C21H24N4/c1-16-10-11-19(15-17(16)2)24-21-23-14-12-20(25-21)22-13-6-9-18-7-4-3-5-8-18/h3-5,7-8,10-12,14-15H,6,9,13H2,1-2H3,(H2,22,23,24,25). The van der Waals surface area contributed by atoms with E-state index in [1.165, 1.54) is 16.7 Å². The number of aryl methyl sites for hydroxylation is 3. The van der Waals surface area contributed by atoms with Crippen LogP contribution in [0.5, 0.6) is 0 Å². The monoisotopic (exact) mass is 332 g/mol. The lowest BCUT2D eigenvalue weighted by atomic mass is 10.1. The molecule has 0 fully saturated rings. The van der Waals surface area contributed by atoms with Crippen LogP contribution in [-0.4, -0.2) is 16.5 Å². The Morgan fingerprint density at radius 2 is 1.76 bits per heavy atom. The van der Waals surface area contributed by atoms with Gasteiger partial charge < -0.3 is 10.6 Å². The molecule has 3 aromatic rings. The van der Waals surface area contributed by atoms with Crippen molar-refractivity contribution in [3.05, 3.63) is 77.5 Å². The van der Waals surface area contributed by atoms with Gasteiger partial charge in [-0.15, -0.1) is 0 Å². The third-order valence-electron chi connectivity index (χ3n) is 4.21. The molecule has 0 aliphatic carbocycles. The Hall–Kier alpha value is -2.88. The lowest BCUT2D eigenvalue weighted by Crippen LogP contribution is -2.06. The highest BCUT2D eigenvalue weighted by molar-refractivity contribution is 5.56. The van der Waals surface area contributed by atoms with Gasteiger partial charge in [-0.05, 0) is 61.6 Å². The number of hydrogen-bond acceptors (Lipinski definition) is 4. The second-order valence-electron chi connectivity index (χ2n) is 6.21. The largest absolute Gasteiger partial charge is 0.370 e. The van der Waals surface area contributed by atoms with E-state index in [1.54, 1.807) is 6.20 Å². The number of nitrogens with one attached hydrogen (secondary N) is 2. The summed E-state index contributed by atoms with van der Waals surface area (Å²) in [4.78, 5) is 8.83. The normalized spacial score (nSPS) is 10.5. The Labute approximate surface area is 149 Å². The van der Waals surface area contributed by atoms with Gasteiger partial charge in [-0.3, -0.25) is 0 Å². The van der Waals surface area contributed by atoms with Crippen LogP contribution >= 0.6 is 0 Å². The molecule has 0 atom stereocenters. The first-order valence-electron chi connectivity index (χ1n) is 8.66. The van der Waals surface area contributed by atoms with Gasteiger partial charge in [0.1, 0.15) is 5.82 Å². The van der Waals surface area contributed by atoms with Crippen molar-refractivity contribution in [3.63, 3.8) is 0 Å². The van der Waals surface area contributed by atoms with E-state index in [2.05, 4.69) is 70.8 Å². The molecule has 2 aromatic carbocycles. The summed E-state index contributed by atoms with van der Waals surface area (Å²) in [6.45, 7) is 5.09. The molecule has 0 spiro atoms. The molecule has 0 bridgehead atoms. The molecule has 1 aromatic heterocycles. The van der Waals surface area contributed by atoms with Gasteiger partial charge in [-0.25, -0.2) is 4.98 Å². The van der Waals surface area contributed by atoms with Crippen molar-refractivity contribution in [3.8, 4) is 0 Å². The van der Waals surface area contributed by atoms with E-state index in [-0.39, 0.29) is 0 Å². The average molecular weight is 332 g/mol. The van der Waals surface area contributed by atoms with Gasteiger partial charge in [0.15, 0.2) is 0 Å². The van der Waals surface area contributed by atoms with Gasteiger partial charge in [0.25, 0.3) is 0 Å². The minimum Gasteiger partial charge on any atom is -0.370 e. The fourth-order valence-corrected chi connectivity index (χ4v) is 2.62. The highest BCUT2D eigenvalue weighted by atomic mass is 15.1. The fourth-order valence-electron chi connectivity index (χ4n) is 2.62. The SMILES string of the molecule is Cc1ccc(Nc2nccc(NCCCc3ccccc3)n2)cc1C. The van der Waals surface area contributed by atoms with Crippen molar-refractivity contribution in [1.82, 2.24) is 9.97 Å². The molecule has 0 aliphatic rings. The highest BCUT2D eigenvalue weighted by Gasteiger charge is 2.02. The molecule has 3 rings (SSSR count). The summed E-state index contributed by atoms with van der Waals surface area (Å²) in [6, 6.07) is 18.7. The molecule has 0 aliphatic heterocycles. The molecule has 0 saturated heterocycles. The van der Waals surface area contributed by atoms with Gasteiger partial charge in [0.2, 0.25) is 5.95 Å². The van der Waals surface area contributed by atoms with Crippen molar-refractivity contribution < 1.29 is 0 Å². The van der Waals surface area contributed by atoms with Crippen LogP contribution in [0.3, 0.4) is 0 Å². The van der Waals surface area contributed by atoms with Crippen LogP contribution in [0.4, 0.5) is 17.5 Å². The summed E-state index contributed by atoms with van der Waals surface area (Å²) in [5.41, 5.74) is 4.90. The molecule has 0 amide bonds. The number of hydrogen-bond donors (Lipinski definition) is 2. The minimum atomic E-state index is 0.608. The molecule has 0 saturated carbocycles. The van der Waals surface area contributed by atoms with Gasteiger partial charge in [0, 0.05) is 18.4 Å². The first-order valence-corrected chi connectivity index (χ1v) is 8.66. The average Bonchev–Trinajstić information content (AvgIpc) is 2.63. The van der Waals surface area contributed by atoms with Crippen molar-refractivity contribution >= 4 is 17.5 Å². The van der Waals surface area contributed by atoms with E-state index in [0.29, 0.717) is 5.95 Å². The predicted molar refractivity (Wildman–Crippen MR) is 104 cm³/mol. The van der Waals surface area contributed by atoms with E-state index < -0.39 is 0 Å². The Morgan fingerprint density at radius 3 is 2.56 bits per heavy atom. The zero-order chi connectivity index (χ0) is 17.5. The number of rotatable bonds is 7. The topological polar surface area (TPSA) is 49.8 Å². The molecular weight excluding hydrogens is 308 g/mol. The van der Waals surface area contributed by atoms with E-state index in [0.717, 1.165) is 30.9 Å². The summed E-state index contributed by atoms with van der Waals surface area (Å²) in [5.74, 6) is 1.45. The fraction of sp³-hybridized carbons (Fsp3) is 0.238. The zero-order valence-corrected chi connectivity index (χ0v) is 14.8. The molecule has 25 heavy (non-hydrogen) atoms. The van der Waals surface area contributed by atoms with Gasteiger partial charge in [-0.1, -0.05) is 36.4 Å². The maximum atomic E-state index is 4.53. The zero-order valence-electron chi connectivity index (χ0n) is 14.8. The van der Waals surface area contributed by atoms with Gasteiger partial charge in [-0.2, -0.15) is 4.98 Å². The van der Waals surface area contributed by atoms with E-state index >= 15 is 0 Å². The smallest absolute Gasteiger partial charge is 0.229 e. The molecule has 2 N–H and O–H groups in total. The maximum Gasteiger partial charge on any atom is 0.229 e.